The largest absolute Gasteiger partial charge is 0.342 e. The fourth-order valence-corrected chi connectivity index (χ4v) is 4.13. The summed E-state index contributed by atoms with van der Waals surface area (Å²) in [7, 11) is 0. The Morgan fingerprint density at radius 2 is 1.92 bits per heavy atom. The van der Waals surface area contributed by atoms with Gasteiger partial charge in [0, 0.05) is 19.1 Å². The lowest BCUT2D eigenvalue weighted by Gasteiger charge is -2.26. The number of carbonyl (C=O) groups excluding carboxylic acids is 1. The summed E-state index contributed by atoms with van der Waals surface area (Å²) >= 11 is 1.41. The number of hydrogen-bond donors (Lipinski definition) is 0. The number of hydrogen-bond acceptors (Lipinski definition) is 4. The molecule has 0 unspecified atom stereocenters. The van der Waals surface area contributed by atoms with Crippen LogP contribution >= 0.6 is 11.8 Å². The van der Waals surface area contributed by atoms with Crippen molar-refractivity contribution in [2.24, 2.45) is 0 Å². The fourth-order valence-electron chi connectivity index (χ4n) is 3.22. The number of thioether (sulfide) groups is 1. The average Bonchev–Trinajstić information content (AvgIpc) is 3.40. The van der Waals surface area contributed by atoms with Crippen LogP contribution in [-0.2, 0) is 4.79 Å². The van der Waals surface area contributed by atoms with Crippen LogP contribution in [0.5, 0.6) is 0 Å². The van der Waals surface area contributed by atoms with Gasteiger partial charge in [0.1, 0.15) is 5.82 Å². The number of carbonyl (C=O) groups is 1. The lowest BCUT2D eigenvalue weighted by atomic mass is 10.1. The van der Waals surface area contributed by atoms with Crippen molar-refractivity contribution < 1.29 is 9.18 Å². The Morgan fingerprint density at radius 1 is 1.16 bits per heavy atom. The van der Waals surface area contributed by atoms with E-state index in [1.165, 1.54) is 24.2 Å². The summed E-state index contributed by atoms with van der Waals surface area (Å²) in [5, 5.41) is 9.19. The summed E-state index contributed by atoms with van der Waals surface area (Å²) in [6.45, 7) is 1.71. The molecule has 0 radical (unpaired) electrons. The van der Waals surface area contributed by atoms with Crippen molar-refractivity contribution in [3.63, 3.8) is 0 Å². The molecule has 0 bridgehead atoms. The summed E-state index contributed by atoms with van der Waals surface area (Å²) < 4.78 is 16.2. The highest BCUT2D eigenvalue weighted by Gasteiger charge is 2.31. The molecule has 4 rings (SSSR count). The maximum absolute atomic E-state index is 14.2. The van der Waals surface area contributed by atoms with E-state index in [-0.39, 0.29) is 11.7 Å². The van der Waals surface area contributed by atoms with Crippen LogP contribution in [0.1, 0.15) is 38.1 Å². The summed E-state index contributed by atoms with van der Waals surface area (Å²) in [5.74, 6) is 0.788. The molecule has 0 atom stereocenters. The van der Waals surface area contributed by atoms with Gasteiger partial charge in [-0.15, -0.1) is 10.2 Å². The van der Waals surface area contributed by atoms with E-state index in [1.807, 2.05) is 9.47 Å². The monoisotopic (exact) mass is 360 g/mol. The Hall–Kier alpha value is -1.89. The SMILES string of the molecule is O=C(CSc1nnc(-c2ccccc2F)n1C1CC1)N1CCCCC1. The van der Waals surface area contributed by atoms with Crippen LogP contribution < -0.4 is 0 Å². The maximum atomic E-state index is 14.2. The second kappa shape index (κ2) is 7.15. The highest BCUT2D eigenvalue weighted by molar-refractivity contribution is 7.99. The zero-order valence-corrected chi connectivity index (χ0v) is 14.8. The van der Waals surface area contributed by atoms with Crippen LogP contribution in [0, 0.1) is 5.82 Å². The molecule has 1 aliphatic carbocycles. The van der Waals surface area contributed by atoms with Gasteiger partial charge in [-0.25, -0.2) is 4.39 Å². The molecule has 2 heterocycles. The van der Waals surface area contributed by atoms with E-state index < -0.39 is 0 Å². The van der Waals surface area contributed by atoms with Crippen LogP contribution in [0.25, 0.3) is 11.4 Å². The predicted octanol–water partition coefficient (Wildman–Crippen LogP) is 3.52. The minimum atomic E-state index is -0.294. The van der Waals surface area contributed by atoms with Crippen molar-refractivity contribution in [2.45, 2.75) is 43.3 Å². The number of piperidine rings is 1. The maximum Gasteiger partial charge on any atom is 0.233 e. The lowest BCUT2D eigenvalue weighted by molar-refractivity contribution is -0.129. The number of halogens is 1. The van der Waals surface area contributed by atoms with Gasteiger partial charge < -0.3 is 4.90 Å². The fraction of sp³-hybridized carbons (Fsp3) is 0.500. The molecule has 0 N–H and O–H groups in total. The van der Waals surface area contributed by atoms with E-state index in [0.29, 0.717) is 28.3 Å². The van der Waals surface area contributed by atoms with Gasteiger partial charge in [0.15, 0.2) is 11.0 Å². The van der Waals surface area contributed by atoms with E-state index in [2.05, 4.69) is 10.2 Å². The first kappa shape index (κ1) is 16.6. The second-order valence-electron chi connectivity index (χ2n) is 6.62. The third kappa shape index (κ3) is 3.56. The third-order valence-corrected chi connectivity index (χ3v) is 5.65. The molecule has 7 heteroatoms. The molecule has 2 aromatic rings. The minimum Gasteiger partial charge on any atom is -0.342 e. The standard InChI is InChI=1S/C18H21FN4OS/c19-15-7-3-2-6-14(15)17-20-21-18(23(17)13-8-9-13)25-12-16(24)22-10-4-1-5-11-22/h2-3,6-7,13H,1,4-5,8-12H2. The summed E-state index contributed by atoms with van der Waals surface area (Å²) in [5.41, 5.74) is 0.469. The molecule has 1 saturated carbocycles. The average molecular weight is 360 g/mol. The Morgan fingerprint density at radius 3 is 2.64 bits per heavy atom. The smallest absolute Gasteiger partial charge is 0.233 e. The Balaban J connectivity index is 1.52. The minimum absolute atomic E-state index is 0.155. The zero-order chi connectivity index (χ0) is 17.2. The first-order valence-corrected chi connectivity index (χ1v) is 9.83. The van der Waals surface area contributed by atoms with Gasteiger partial charge in [-0.2, -0.15) is 0 Å². The Bertz CT molecular complexity index is 768. The lowest BCUT2D eigenvalue weighted by Crippen LogP contribution is -2.36. The quantitative estimate of drug-likeness (QED) is 0.766. The van der Waals surface area contributed by atoms with E-state index in [9.17, 15) is 9.18 Å². The molecule has 5 nitrogen and oxygen atoms in total. The van der Waals surface area contributed by atoms with E-state index in [4.69, 9.17) is 0 Å². The molecular weight excluding hydrogens is 339 g/mol. The third-order valence-electron chi connectivity index (χ3n) is 4.72. The van der Waals surface area contributed by atoms with Gasteiger partial charge in [-0.1, -0.05) is 23.9 Å². The molecule has 1 amide bonds. The summed E-state index contributed by atoms with van der Waals surface area (Å²) in [6, 6.07) is 6.96. The topological polar surface area (TPSA) is 51.0 Å². The van der Waals surface area contributed by atoms with Gasteiger partial charge in [0.05, 0.1) is 11.3 Å². The van der Waals surface area contributed by atoms with Gasteiger partial charge in [0.25, 0.3) is 0 Å². The number of rotatable bonds is 5. The van der Waals surface area contributed by atoms with Gasteiger partial charge in [-0.3, -0.25) is 9.36 Å². The first-order valence-electron chi connectivity index (χ1n) is 8.84. The number of benzene rings is 1. The summed E-state index contributed by atoms with van der Waals surface area (Å²) in [6.07, 6.45) is 5.48. The van der Waals surface area contributed by atoms with Gasteiger partial charge in [0.2, 0.25) is 5.91 Å². The van der Waals surface area contributed by atoms with Crippen LogP contribution in [0.2, 0.25) is 0 Å². The molecule has 2 aliphatic rings. The predicted molar refractivity (Wildman–Crippen MR) is 94.8 cm³/mol. The van der Waals surface area contributed by atoms with Crippen LogP contribution in [0.4, 0.5) is 4.39 Å². The zero-order valence-electron chi connectivity index (χ0n) is 14.0. The van der Waals surface area contributed by atoms with Gasteiger partial charge >= 0.3 is 0 Å². The van der Waals surface area contributed by atoms with E-state index in [0.717, 1.165) is 38.8 Å². The Kier molecular flexibility index (Phi) is 4.74. The van der Waals surface area contributed by atoms with E-state index >= 15 is 0 Å². The van der Waals surface area contributed by atoms with Crippen LogP contribution in [-0.4, -0.2) is 44.4 Å². The molecule has 1 aromatic carbocycles. The van der Waals surface area contributed by atoms with Crippen molar-refractivity contribution in [2.75, 3.05) is 18.8 Å². The molecule has 1 saturated heterocycles. The number of aromatic nitrogens is 3. The second-order valence-corrected chi connectivity index (χ2v) is 7.56. The van der Waals surface area contributed by atoms with Crippen LogP contribution in [0.15, 0.2) is 29.4 Å². The molecule has 132 valence electrons. The molecule has 0 spiro atoms. The highest BCUT2D eigenvalue weighted by atomic mass is 32.2. The highest BCUT2D eigenvalue weighted by Crippen LogP contribution is 2.41. The van der Waals surface area contributed by atoms with Crippen molar-refractivity contribution in [3.8, 4) is 11.4 Å². The van der Waals surface area contributed by atoms with Crippen molar-refractivity contribution in [3.05, 3.63) is 30.1 Å². The molecule has 1 aliphatic heterocycles. The molecule has 25 heavy (non-hydrogen) atoms. The van der Waals surface area contributed by atoms with Crippen molar-refractivity contribution in [1.29, 1.82) is 0 Å². The summed E-state index contributed by atoms with van der Waals surface area (Å²) in [4.78, 5) is 14.3. The van der Waals surface area contributed by atoms with E-state index in [1.54, 1.807) is 18.2 Å². The first-order chi connectivity index (χ1) is 12.2. The molecule has 1 aromatic heterocycles. The number of nitrogens with zero attached hydrogens (tertiary/aromatic N) is 4. The normalized spacial score (nSPS) is 17.7. The molecular formula is C18H21FN4OS. The van der Waals surface area contributed by atoms with Crippen molar-refractivity contribution >= 4 is 17.7 Å². The Labute approximate surface area is 150 Å². The number of likely N-dealkylation sites (tertiary alicyclic amines) is 1. The van der Waals surface area contributed by atoms with Crippen LogP contribution in [0.3, 0.4) is 0 Å². The van der Waals surface area contributed by atoms with Gasteiger partial charge in [-0.05, 0) is 44.2 Å². The molecule has 2 fully saturated rings. The van der Waals surface area contributed by atoms with Crippen molar-refractivity contribution in [1.82, 2.24) is 19.7 Å². The number of amides is 1.